The van der Waals surface area contributed by atoms with Crippen molar-refractivity contribution in [3.05, 3.63) is 47.5 Å². The highest BCUT2D eigenvalue weighted by Crippen LogP contribution is 2.33. The van der Waals surface area contributed by atoms with Crippen LogP contribution in [0.4, 0.5) is 0 Å². The molecule has 0 saturated heterocycles. The number of rotatable bonds is 4. The van der Waals surface area contributed by atoms with Gasteiger partial charge < -0.3 is 24.3 Å². The van der Waals surface area contributed by atoms with Gasteiger partial charge >= 0.3 is 0 Å². The molecule has 0 spiro atoms. The second-order valence-electron chi connectivity index (χ2n) is 5.27. The fourth-order valence-electron chi connectivity index (χ4n) is 2.60. The van der Waals surface area contributed by atoms with Crippen molar-refractivity contribution in [2.75, 3.05) is 20.0 Å². The van der Waals surface area contributed by atoms with Crippen LogP contribution in [-0.4, -0.2) is 20.0 Å². The molecule has 0 radical (unpaired) electrons. The lowest BCUT2D eigenvalue weighted by Crippen LogP contribution is -2.16. The van der Waals surface area contributed by atoms with Gasteiger partial charge in [-0.1, -0.05) is 12.1 Å². The molecule has 5 nitrogen and oxygen atoms in total. The number of hydrogen-bond acceptors (Lipinski definition) is 5. The Morgan fingerprint density at radius 2 is 1.23 bits per heavy atom. The van der Waals surface area contributed by atoms with E-state index >= 15 is 0 Å². The molecule has 0 atom stereocenters. The summed E-state index contributed by atoms with van der Waals surface area (Å²) in [7, 11) is 0. The maximum atomic E-state index is 5.60. The zero-order chi connectivity index (χ0) is 14.8. The molecule has 1 N–H and O–H groups in total. The van der Waals surface area contributed by atoms with Crippen LogP contribution in [0, 0.1) is 0 Å². The maximum absolute atomic E-state index is 5.60. The Kier molecular flexibility index (Phi) is 3.48. The molecule has 0 aliphatic carbocycles. The van der Waals surface area contributed by atoms with Crippen molar-refractivity contribution in [2.45, 2.75) is 13.1 Å². The van der Waals surface area contributed by atoms with Crippen LogP contribution < -0.4 is 24.3 Å². The molecule has 2 aliphatic rings. The van der Waals surface area contributed by atoms with Gasteiger partial charge in [0.05, 0.1) is 0 Å². The highest BCUT2D eigenvalue weighted by molar-refractivity contribution is 5.45. The van der Waals surface area contributed by atoms with Gasteiger partial charge in [-0.2, -0.15) is 0 Å². The summed E-state index contributed by atoms with van der Waals surface area (Å²) in [6.45, 7) is 3.08. The van der Waals surface area contributed by atoms with Gasteiger partial charge in [-0.15, -0.1) is 0 Å². The first-order chi connectivity index (χ1) is 10.9. The zero-order valence-corrected chi connectivity index (χ0v) is 12.1. The van der Waals surface area contributed by atoms with E-state index in [1.807, 2.05) is 30.3 Å². The first kappa shape index (κ1) is 13.3. The summed E-state index contributed by atoms with van der Waals surface area (Å²) >= 11 is 0. The molecule has 0 amide bonds. The van der Waals surface area contributed by atoms with Crippen LogP contribution >= 0.6 is 0 Å². The van der Waals surface area contributed by atoms with E-state index in [2.05, 4.69) is 11.4 Å². The number of hydrogen-bond donors (Lipinski definition) is 1. The monoisotopic (exact) mass is 299 g/mol. The number of ether oxygens (including phenoxy) is 4. The largest absolute Gasteiger partial charge is 0.486 e. The van der Waals surface area contributed by atoms with E-state index in [4.69, 9.17) is 18.9 Å². The van der Waals surface area contributed by atoms with Crippen LogP contribution in [0.25, 0.3) is 0 Å². The van der Waals surface area contributed by atoms with Crippen molar-refractivity contribution in [2.24, 2.45) is 0 Å². The van der Waals surface area contributed by atoms with E-state index < -0.39 is 0 Å². The lowest BCUT2D eigenvalue weighted by molar-refractivity contribution is 0.171. The molecule has 4 rings (SSSR count). The molecule has 0 bridgehead atoms. The zero-order valence-electron chi connectivity index (χ0n) is 12.1. The van der Waals surface area contributed by atoms with E-state index in [0.29, 0.717) is 20.0 Å². The summed E-state index contributed by atoms with van der Waals surface area (Å²) in [6.07, 6.45) is 0. The van der Waals surface area contributed by atoms with Crippen molar-refractivity contribution >= 4 is 0 Å². The van der Waals surface area contributed by atoms with Crippen molar-refractivity contribution < 1.29 is 18.9 Å². The summed E-state index contributed by atoms with van der Waals surface area (Å²) in [5.74, 6) is 3.29. The minimum Gasteiger partial charge on any atom is -0.486 e. The molecule has 0 aromatic heterocycles. The number of fused-ring (bicyclic) bond motifs is 2. The van der Waals surface area contributed by atoms with Gasteiger partial charge in [-0.25, -0.2) is 0 Å². The quantitative estimate of drug-likeness (QED) is 0.940. The smallest absolute Gasteiger partial charge is 0.231 e. The SMILES string of the molecule is c1cc2c(cc1CNCc1ccc3c(c1)OCO3)OCCO2. The van der Waals surface area contributed by atoms with Gasteiger partial charge in [0, 0.05) is 13.1 Å². The topological polar surface area (TPSA) is 49.0 Å². The van der Waals surface area contributed by atoms with Crippen LogP contribution in [0.15, 0.2) is 36.4 Å². The van der Waals surface area contributed by atoms with E-state index in [-0.39, 0.29) is 0 Å². The fourth-order valence-corrected chi connectivity index (χ4v) is 2.60. The molecule has 114 valence electrons. The summed E-state index contributed by atoms with van der Waals surface area (Å²) in [5.41, 5.74) is 2.34. The minimum atomic E-state index is 0.309. The van der Waals surface area contributed by atoms with Crippen molar-refractivity contribution in [1.82, 2.24) is 5.32 Å². The Hall–Kier alpha value is -2.40. The molecule has 5 heteroatoms. The third-order valence-corrected chi connectivity index (χ3v) is 3.70. The fraction of sp³-hybridized carbons (Fsp3) is 0.294. The van der Waals surface area contributed by atoms with Crippen molar-refractivity contribution in [3.8, 4) is 23.0 Å². The van der Waals surface area contributed by atoms with Gasteiger partial charge in [0.25, 0.3) is 0 Å². The highest BCUT2D eigenvalue weighted by atomic mass is 16.7. The third-order valence-electron chi connectivity index (χ3n) is 3.70. The van der Waals surface area contributed by atoms with Crippen LogP contribution in [0.1, 0.15) is 11.1 Å². The molecule has 0 fully saturated rings. The molecule has 2 aromatic rings. The van der Waals surface area contributed by atoms with E-state index in [9.17, 15) is 0 Å². The molecule has 22 heavy (non-hydrogen) atoms. The van der Waals surface area contributed by atoms with E-state index in [1.54, 1.807) is 0 Å². The first-order valence-corrected chi connectivity index (χ1v) is 7.36. The average Bonchev–Trinajstić information content (AvgIpc) is 3.02. The van der Waals surface area contributed by atoms with Crippen LogP contribution in [-0.2, 0) is 13.1 Å². The van der Waals surface area contributed by atoms with Gasteiger partial charge in [-0.3, -0.25) is 0 Å². The third kappa shape index (κ3) is 2.67. The Morgan fingerprint density at radius 3 is 1.95 bits per heavy atom. The summed E-state index contributed by atoms with van der Waals surface area (Å²) in [5, 5.41) is 3.42. The average molecular weight is 299 g/mol. The molecule has 2 aliphatic heterocycles. The Morgan fingerprint density at radius 1 is 0.682 bits per heavy atom. The van der Waals surface area contributed by atoms with Gasteiger partial charge in [-0.05, 0) is 35.4 Å². The second-order valence-corrected chi connectivity index (χ2v) is 5.27. The van der Waals surface area contributed by atoms with E-state index in [1.165, 1.54) is 11.1 Å². The normalized spacial score (nSPS) is 14.9. The number of nitrogens with one attached hydrogen (secondary N) is 1. The molecule has 0 unspecified atom stereocenters. The van der Waals surface area contributed by atoms with Gasteiger partial charge in [0.2, 0.25) is 6.79 Å². The van der Waals surface area contributed by atoms with Crippen molar-refractivity contribution in [1.29, 1.82) is 0 Å². The van der Waals surface area contributed by atoms with Gasteiger partial charge in [0.1, 0.15) is 13.2 Å². The lowest BCUT2D eigenvalue weighted by atomic mass is 10.1. The Balaban J connectivity index is 1.37. The highest BCUT2D eigenvalue weighted by Gasteiger charge is 2.13. The predicted octanol–water partition coefficient (Wildman–Crippen LogP) is 2.48. The molecule has 2 aromatic carbocycles. The van der Waals surface area contributed by atoms with Crippen LogP contribution in [0.2, 0.25) is 0 Å². The summed E-state index contributed by atoms with van der Waals surface area (Å²) < 4.78 is 21.8. The number of benzene rings is 2. The summed E-state index contributed by atoms with van der Waals surface area (Å²) in [6, 6.07) is 12.1. The maximum Gasteiger partial charge on any atom is 0.231 e. The van der Waals surface area contributed by atoms with E-state index in [0.717, 1.165) is 36.1 Å². The lowest BCUT2D eigenvalue weighted by Gasteiger charge is -2.19. The standard InChI is InChI=1S/C17H17NO4/c1-3-14-16(20-6-5-19-14)7-12(1)9-18-10-13-2-4-15-17(8-13)22-11-21-15/h1-4,7-8,18H,5-6,9-11H2. The second kappa shape index (κ2) is 5.77. The molecule has 2 heterocycles. The van der Waals surface area contributed by atoms with Crippen LogP contribution in [0.5, 0.6) is 23.0 Å². The molecular weight excluding hydrogens is 282 g/mol. The van der Waals surface area contributed by atoms with Crippen LogP contribution in [0.3, 0.4) is 0 Å². The molecule has 0 saturated carbocycles. The Bertz CT molecular complexity index is 686. The predicted molar refractivity (Wildman–Crippen MR) is 80.5 cm³/mol. The van der Waals surface area contributed by atoms with Crippen molar-refractivity contribution in [3.63, 3.8) is 0 Å². The first-order valence-electron chi connectivity index (χ1n) is 7.36. The Labute approximate surface area is 128 Å². The van der Waals surface area contributed by atoms with Gasteiger partial charge in [0.15, 0.2) is 23.0 Å². The molecular formula is C17H17NO4. The summed E-state index contributed by atoms with van der Waals surface area (Å²) in [4.78, 5) is 0. The minimum absolute atomic E-state index is 0.309.